The Labute approximate surface area is 199 Å². The smallest absolute Gasteiger partial charge is 0.303 e. The molecule has 0 aliphatic rings. The van der Waals surface area contributed by atoms with Crippen molar-refractivity contribution in [3.63, 3.8) is 0 Å². The summed E-state index contributed by atoms with van der Waals surface area (Å²) in [6.07, 6.45) is 10.7. The van der Waals surface area contributed by atoms with Crippen molar-refractivity contribution in [3.05, 3.63) is 12.3 Å². The molecule has 0 aromatic carbocycles. The highest BCUT2D eigenvalue weighted by Gasteiger charge is 2.15. The molecule has 0 saturated heterocycles. The first-order valence-corrected chi connectivity index (χ1v) is 14.0. The number of carbonyl (C=O) groups excluding carboxylic acids is 1. The number of amides is 1. The third kappa shape index (κ3) is 13.9. The van der Waals surface area contributed by atoms with Crippen molar-refractivity contribution in [2.24, 2.45) is 0 Å². The molecule has 0 spiro atoms. The average molecular weight is 503 g/mol. The zero-order valence-electron chi connectivity index (χ0n) is 19.0. The van der Waals surface area contributed by atoms with Gasteiger partial charge in [-0.2, -0.15) is 0 Å². The number of carbonyl (C=O) groups is 3. The average Bonchev–Trinajstić information content (AvgIpc) is 2.72. The minimum atomic E-state index is -3.46. The van der Waals surface area contributed by atoms with Crippen LogP contribution < -0.4 is 5.32 Å². The monoisotopic (exact) mass is 502 g/mol. The van der Waals surface area contributed by atoms with Crippen LogP contribution in [0.2, 0.25) is 0 Å². The standard InChI is InChI=1S/C22H34N2O7S2/c1-33(30,31)17-15-18(32-14-10-13-21(28)29)22(23-16-17)24-19(25)11-8-6-4-2-3-5-7-9-12-20(26)27/h15-16H,2-14H2,1H3,(H,26,27)(H,28,29)(H,23,24,25). The van der Waals surface area contributed by atoms with Gasteiger partial charge >= 0.3 is 11.9 Å². The first-order valence-electron chi connectivity index (χ1n) is 11.2. The van der Waals surface area contributed by atoms with Crippen molar-refractivity contribution < 1.29 is 33.0 Å². The summed E-state index contributed by atoms with van der Waals surface area (Å²) in [5.41, 5.74) is 0. The van der Waals surface area contributed by atoms with Crippen molar-refractivity contribution in [3.8, 4) is 0 Å². The molecule has 0 aliphatic heterocycles. The van der Waals surface area contributed by atoms with E-state index < -0.39 is 21.8 Å². The van der Waals surface area contributed by atoms with Crippen molar-refractivity contribution in [2.45, 2.75) is 86.8 Å². The van der Waals surface area contributed by atoms with E-state index in [9.17, 15) is 22.8 Å². The van der Waals surface area contributed by atoms with Crippen LogP contribution in [0.4, 0.5) is 5.82 Å². The second-order valence-corrected chi connectivity index (χ2v) is 11.1. The van der Waals surface area contributed by atoms with Gasteiger partial charge in [0, 0.05) is 31.7 Å². The summed E-state index contributed by atoms with van der Waals surface area (Å²) < 4.78 is 23.7. The Bertz CT molecular complexity index is 889. The van der Waals surface area contributed by atoms with E-state index in [-0.39, 0.29) is 29.5 Å². The summed E-state index contributed by atoms with van der Waals surface area (Å²) in [4.78, 5) is 38.1. The highest BCUT2D eigenvalue weighted by atomic mass is 32.2. The largest absolute Gasteiger partial charge is 0.481 e. The zero-order chi connectivity index (χ0) is 24.7. The van der Waals surface area contributed by atoms with E-state index in [0.29, 0.717) is 29.9 Å². The predicted molar refractivity (Wildman–Crippen MR) is 127 cm³/mol. The molecule has 186 valence electrons. The van der Waals surface area contributed by atoms with Crippen LogP contribution in [0.1, 0.15) is 77.0 Å². The van der Waals surface area contributed by atoms with E-state index in [1.165, 1.54) is 24.0 Å². The van der Waals surface area contributed by atoms with Crippen LogP contribution >= 0.6 is 11.8 Å². The van der Waals surface area contributed by atoms with Gasteiger partial charge in [-0.25, -0.2) is 13.4 Å². The van der Waals surface area contributed by atoms with Gasteiger partial charge in [-0.05, 0) is 31.1 Å². The van der Waals surface area contributed by atoms with Crippen molar-refractivity contribution >= 4 is 45.3 Å². The molecule has 11 heteroatoms. The first-order chi connectivity index (χ1) is 15.6. The van der Waals surface area contributed by atoms with Gasteiger partial charge in [0.2, 0.25) is 5.91 Å². The molecule has 3 N–H and O–H groups in total. The lowest BCUT2D eigenvalue weighted by molar-refractivity contribution is -0.138. The van der Waals surface area contributed by atoms with Crippen LogP contribution in [-0.4, -0.2) is 53.5 Å². The van der Waals surface area contributed by atoms with Gasteiger partial charge in [0.15, 0.2) is 9.84 Å². The maximum Gasteiger partial charge on any atom is 0.303 e. The summed E-state index contributed by atoms with van der Waals surface area (Å²) >= 11 is 1.27. The summed E-state index contributed by atoms with van der Waals surface area (Å²) in [7, 11) is -3.46. The van der Waals surface area contributed by atoms with Gasteiger partial charge < -0.3 is 15.5 Å². The molecule has 1 amide bonds. The van der Waals surface area contributed by atoms with Crippen molar-refractivity contribution in [1.29, 1.82) is 0 Å². The third-order valence-corrected chi connectivity index (χ3v) is 7.05. The molecule has 1 rings (SSSR count). The van der Waals surface area contributed by atoms with Gasteiger partial charge in [0.25, 0.3) is 0 Å². The Morgan fingerprint density at radius 3 is 1.94 bits per heavy atom. The highest BCUT2D eigenvalue weighted by molar-refractivity contribution is 7.99. The maximum absolute atomic E-state index is 12.3. The minimum absolute atomic E-state index is 0.0101. The molecule has 0 radical (unpaired) electrons. The second-order valence-electron chi connectivity index (χ2n) is 7.91. The number of pyridine rings is 1. The van der Waals surface area contributed by atoms with E-state index in [4.69, 9.17) is 10.2 Å². The van der Waals surface area contributed by atoms with Gasteiger partial charge in [-0.15, -0.1) is 11.8 Å². The lowest BCUT2D eigenvalue weighted by atomic mass is 10.1. The Morgan fingerprint density at radius 2 is 1.39 bits per heavy atom. The molecular formula is C22H34N2O7S2. The number of nitrogens with zero attached hydrogens (tertiary/aromatic N) is 1. The molecule has 1 aromatic rings. The van der Waals surface area contributed by atoms with Crippen LogP contribution in [0.5, 0.6) is 0 Å². The number of thioether (sulfide) groups is 1. The van der Waals surface area contributed by atoms with Crippen molar-refractivity contribution in [2.75, 3.05) is 17.3 Å². The van der Waals surface area contributed by atoms with E-state index in [2.05, 4.69) is 10.3 Å². The summed E-state index contributed by atoms with van der Waals surface area (Å²) in [6, 6.07) is 1.46. The first kappa shape index (κ1) is 28.9. The number of carboxylic acids is 2. The van der Waals surface area contributed by atoms with Crippen LogP contribution in [0.15, 0.2) is 22.1 Å². The predicted octanol–water partition coefficient (Wildman–Crippen LogP) is 4.37. The molecular weight excluding hydrogens is 468 g/mol. The van der Waals surface area contributed by atoms with Crippen LogP contribution in [0.3, 0.4) is 0 Å². The fraction of sp³-hybridized carbons (Fsp3) is 0.636. The summed E-state index contributed by atoms with van der Waals surface area (Å²) in [5, 5.41) is 20.1. The van der Waals surface area contributed by atoms with Gasteiger partial charge in [-0.1, -0.05) is 38.5 Å². The number of unbranched alkanes of at least 4 members (excludes halogenated alkanes) is 7. The lowest BCUT2D eigenvalue weighted by Gasteiger charge is -2.11. The zero-order valence-corrected chi connectivity index (χ0v) is 20.7. The summed E-state index contributed by atoms with van der Waals surface area (Å²) in [6.45, 7) is 0. The number of anilines is 1. The van der Waals surface area contributed by atoms with Gasteiger partial charge in [0.05, 0.1) is 9.79 Å². The Balaban J connectivity index is 2.43. The topological polar surface area (TPSA) is 151 Å². The van der Waals surface area contributed by atoms with Gasteiger partial charge in [0.1, 0.15) is 5.82 Å². The molecule has 0 bridgehead atoms. The number of hydrogen-bond acceptors (Lipinski definition) is 7. The third-order valence-electron chi connectivity index (χ3n) is 4.85. The highest BCUT2D eigenvalue weighted by Crippen LogP contribution is 2.29. The number of carboxylic acid groups (broad SMARTS) is 2. The molecule has 1 aromatic heterocycles. The fourth-order valence-electron chi connectivity index (χ4n) is 3.06. The number of aromatic nitrogens is 1. The van der Waals surface area contributed by atoms with E-state index >= 15 is 0 Å². The van der Waals surface area contributed by atoms with Crippen molar-refractivity contribution in [1.82, 2.24) is 4.98 Å². The normalized spacial score (nSPS) is 11.3. The number of sulfone groups is 1. The SMILES string of the molecule is CS(=O)(=O)c1cnc(NC(=O)CCCCCCCCCCC(=O)O)c(SCCCC(=O)O)c1. The second kappa shape index (κ2) is 15.7. The lowest BCUT2D eigenvalue weighted by Crippen LogP contribution is -2.13. The molecule has 0 atom stereocenters. The number of nitrogens with one attached hydrogen (secondary N) is 1. The number of hydrogen-bond donors (Lipinski definition) is 3. The van der Waals surface area contributed by atoms with Gasteiger partial charge in [-0.3, -0.25) is 14.4 Å². The minimum Gasteiger partial charge on any atom is -0.481 e. The van der Waals surface area contributed by atoms with E-state index in [0.717, 1.165) is 51.2 Å². The number of aliphatic carboxylic acids is 2. The van der Waals surface area contributed by atoms with E-state index in [1.807, 2.05) is 0 Å². The number of rotatable bonds is 18. The Morgan fingerprint density at radius 1 is 0.879 bits per heavy atom. The Kier molecular flexibility index (Phi) is 13.7. The quantitative estimate of drug-likeness (QED) is 0.196. The molecule has 0 fully saturated rings. The molecule has 0 aliphatic carbocycles. The maximum atomic E-state index is 12.3. The molecule has 9 nitrogen and oxygen atoms in total. The molecule has 33 heavy (non-hydrogen) atoms. The fourth-order valence-corrected chi connectivity index (χ4v) is 4.67. The summed E-state index contributed by atoms with van der Waals surface area (Å²) in [5.74, 6) is -1.10. The molecule has 0 saturated carbocycles. The van der Waals surface area contributed by atoms with E-state index in [1.54, 1.807) is 0 Å². The van der Waals surface area contributed by atoms with Crippen LogP contribution in [0.25, 0.3) is 0 Å². The molecule has 0 unspecified atom stereocenters. The van der Waals surface area contributed by atoms with Crippen LogP contribution in [0, 0.1) is 0 Å². The molecule has 1 heterocycles. The van der Waals surface area contributed by atoms with Crippen LogP contribution in [-0.2, 0) is 24.2 Å². The Hall–Kier alpha value is -2.14.